The molecular weight excluding hydrogens is 166 g/mol. The van der Waals surface area contributed by atoms with Crippen LogP contribution in [0.4, 0.5) is 0 Å². The van der Waals surface area contributed by atoms with Crippen molar-refractivity contribution in [1.82, 2.24) is 5.32 Å². The minimum absolute atomic E-state index is 0.159. The average molecular weight is 187 g/mol. The molecule has 0 aromatic carbocycles. The lowest BCUT2D eigenvalue weighted by atomic mass is 9.92. The zero-order valence-electron chi connectivity index (χ0n) is 8.62. The highest BCUT2D eigenvalue weighted by atomic mass is 16.5. The monoisotopic (exact) mass is 187 g/mol. The number of hydrogen-bond acceptors (Lipinski definition) is 3. The summed E-state index contributed by atoms with van der Waals surface area (Å²) >= 11 is 0. The van der Waals surface area contributed by atoms with E-state index in [0.29, 0.717) is 12.6 Å². The number of aliphatic hydroxyl groups excluding tert-OH is 1. The van der Waals surface area contributed by atoms with Gasteiger partial charge >= 0.3 is 0 Å². The van der Waals surface area contributed by atoms with Gasteiger partial charge < -0.3 is 15.2 Å². The molecule has 0 aromatic rings. The van der Waals surface area contributed by atoms with E-state index in [-0.39, 0.29) is 12.1 Å². The van der Waals surface area contributed by atoms with Gasteiger partial charge in [-0.1, -0.05) is 12.8 Å². The van der Waals surface area contributed by atoms with Gasteiger partial charge in [0.25, 0.3) is 0 Å². The van der Waals surface area contributed by atoms with Gasteiger partial charge in [0, 0.05) is 19.2 Å². The minimum atomic E-state index is -0.159. The topological polar surface area (TPSA) is 41.5 Å². The van der Waals surface area contributed by atoms with E-state index in [9.17, 15) is 5.11 Å². The normalized spacial score (nSPS) is 31.6. The number of methoxy groups -OCH3 is 1. The molecule has 0 bridgehead atoms. The van der Waals surface area contributed by atoms with Gasteiger partial charge in [0.15, 0.2) is 0 Å². The van der Waals surface area contributed by atoms with Crippen LogP contribution in [0.1, 0.15) is 32.6 Å². The van der Waals surface area contributed by atoms with Crippen LogP contribution >= 0.6 is 0 Å². The van der Waals surface area contributed by atoms with Crippen LogP contribution in [0.15, 0.2) is 0 Å². The molecule has 1 saturated carbocycles. The van der Waals surface area contributed by atoms with Crippen LogP contribution in [0.5, 0.6) is 0 Å². The first-order chi connectivity index (χ1) is 6.24. The molecular formula is C10H21NO2. The quantitative estimate of drug-likeness (QED) is 0.687. The van der Waals surface area contributed by atoms with E-state index in [2.05, 4.69) is 12.2 Å². The van der Waals surface area contributed by atoms with Crippen LogP contribution in [-0.2, 0) is 4.74 Å². The fourth-order valence-corrected chi connectivity index (χ4v) is 1.97. The number of aliphatic hydroxyl groups is 1. The summed E-state index contributed by atoms with van der Waals surface area (Å²) in [6.45, 7) is 2.80. The number of ether oxygens (including phenoxy) is 1. The molecule has 0 saturated heterocycles. The van der Waals surface area contributed by atoms with Crippen LogP contribution in [0.25, 0.3) is 0 Å². The fraction of sp³-hybridized carbons (Fsp3) is 1.00. The van der Waals surface area contributed by atoms with Crippen molar-refractivity contribution >= 4 is 0 Å². The van der Waals surface area contributed by atoms with E-state index in [1.54, 1.807) is 7.11 Å². The molecule has 1 aliphatic carbocycles. The predicted molar refractivity (Wildman–Crippen MR) is 52.7 cm³/mol. The molecule has 0 amide bonds. The average Bonchev–Trinajstić information content (AvgIpc) is 2.09. The third-order valence-corrected chi connectivity index (χ3v) is 2.64. The zero-order chi connectivity index (χ0) is 9.68. The third kappa shape index (κ3) is 3.63. The van der Waals surface area contributed by atoms with Crippen LogP contribution in [-0.4, -0.2) is 37.0 Å². The molecule has 1 aliphatic rings. The van der Waals surface area contributed by atoms with E-state index < -0.39 is 0 Å². The minimum Gasteiger partial charge on any atom is -0.392 e. The maximum Gasteiger partial charge on any atom is 0.0693 e. The molecule has 3 atom stereocenters. The van der Waals surface area contributed by atoms with Gasteiger partial charge in [0.2, 0.25) is 0 Å². The Balaban J connectivity index is 2.25. The van der Waals surface area contributed by atoms with Gasteiger partial charge in [-0.3, -0.25) is 0 Å². The van der Waals surface area contributed by atoms with Crippen molar-refractivity contribution in [2.24, 2.45) is 0 Å². The van der Waals surface area contributed by atoms with Crippen molar-refractivity contribution < 1.29 is 9.84 Å². The molecule has 0 spiro atoms. The highest BCUT2D eigenvalue weighted by molar-refractivity contribution is 4.82. The summed E-state index contributed by atoms with van der Waals surface area (Å²) in [6.07, 6.45) is 4.27. The van der Waals surface area contributed by atoms with Crippen LogP contribution < -0.4 is 5.32 Å². The highest BCUT2D eigenvalue weighted by Gasteiger charge is 2.23. The molecule has 1 fully saturated rings. The van der Waals surface area contributed by atoms with E-state index in [1.165, 1.54) is 6.42 Å². The Kier molecular flexibility index (Phi) is 4.70. The Morgan fingerprint density at radius 3 is 2.77 bits per heavy atom. The number of nitrogens with one attached hydrogen (secondary N) is 1. The molecule has 0 aliphatic heterocycles. The molecule has 2 N–H and O–H groups in total. The van der Waals surface area contributed by atoms with Crippen molar-refractivity contribution in [3.8, 4) is 0 Å². The molecule has 3 heteroatoms. The highest BCUT2D eigenvalue weighted by Crippen LogP contribution is 2.18. The number of hydrogen-bond donors (Lipinski definition) is 2. The molecule has 0 aromatic heterocycles. The summed E-state index contributed by atoms with van der Waals surface area (Å²) in [7, 11) is 1.70. The van der Waals surface area contributed by atoms with E-state index >= 15 is 0 Å². The lowest BCUT2D eigenvalue weighted by Gasteiger charge is -2.30. The first kappa shape index (κ1) is 11.0. The van der Waals surface area contributed by atoms with Crippen LogP contribution in [0.3, 0.4) is 0 Å². The van der Waals surface area contributed by atoms with Gasteiger partial charge in [-0.05, 0) is 19.8 Å². The summed E-state index contributed by atoms with van der Waals surface area (Å²) in [4.78, 5) is 0. The maximum atomic E-state index is 9.68. The summed E-state index contributed by atoms with van der Waals surface area (Å²) in [5.74, 6) is 0. The van der Waals surface area contributed by atoms with E-state index in [1.807, 2.05) is 0 Å². The van der Waals surface area contributed by atoms with Gasteiger partial charge in [0.1, 0.15) is 0 Å². The second-order valence-electron chi connectivity index (χ2n) is 3.98. The van der Waals surface area contributed by atoms with E-state index in [4.69, 9.17) is 4.74 Å². The summed E-state index contributed by atoms with van der Waals surface area (Å²) < 4.78 is 5.04. The fourth-order valence-electron chi connectivity index (χ4n) is 1.97. The van der Waals surface area contributed by atoms with Gasteiger partial charge in [-0.15, -0.1) is 0 Å². The molecule has 3 nitrogen and oxygen atoms in total. The summed E-state index contributed by atoms with van der Waals surface area (Å²) in [5.41, 5.74) is 0. The van der Waals surface area contributed by atoms with Gasteiger partial charge in [-0.2, -0.15) is 0 Å². The molecule has 13 heavy (non-hydrogen) atoms. The molecule has 0 unspecified atom stereocenters. The smallest absolute Gasteiger partial charge is 0.0693 e. The van der Waals surface area contributed by atoms with E-state index in [0.717, 1.165) is 19.3 Å². The first-order valence-corrected chi connectivity index (χ1v) is 5.17. The summed E-state index contributed by atoms with van der Waals surface area (Å²) in [6, 6.07) is 0.613. The Morgan fingerprint density at radius 1 is 1.46 bits per heavy atom. The SMILES string of the molecule is COC[C@H](C)N[C@@H]1CCCC[C@H]1O. The number of rotatable bonds is 4. The second kappa shape index (κ2) is 5.58. The first-order valence-electron chi connectivity index (χ1n) is 5.17. The Bertz CT molecular complexity index is 141. The van der Waals surface area contributed by atoms with Crippen molar-refractivity contribution in [1.29, 1.82) is 0 Å². The van der Waals surface area contributed by atoms with Crippen LogP contribution in [0.2, 0.25) is 0 Å². The standard InChI is InChI=1S/C10H21NO2/c1-8(7-13-2)11-9-5-3-4-6-10(9)12/h8-12H,3-7H2,1-2H3/t8-,9+,10+/m0/s1. The van der Waals surface area contributed by atoms with Crippen molar-refractivity contribution in [3.05, 3.63) is 0 Å². The van der Waals surface area contributed by atoms with Gasteiger partial charge in [0.05, 0.1) is 12.7 Å². The maximum absolute atomic E-state index is 9.68. The van der Waals surface area contributed by atoms with Crippen LogP contribution in [0, 0.1) is 0 Å². The van der Waals surface area contributed by atoms with Crippen molar-refractivity contribution in [2.45, 2.75) is 50.8 Å². The molecule has 78 valence electrons. The Labute approximate surface area is 80.5 Å². The second-order valence-corrected chi connectivity index (χ2v) is 3.98. The zero-order valence-corrected chi connectivity index (χ0v) is 8.62. The lowest BCUT2D eigenvalue weighted by molar-refractivity contribution is 0.0755. The predicted octanol–water partition coefficient (Wildman–Crippen LogP) is 0.914. The third-order valence-electron chi connectivity index (χ3n) is 2.64. The Morgan fingerprint density at radius 2 is 2.15 bits per heavy atom. The summed E-state index contributed by atoms with van der Waals surface area (Å²) in [5, 5.41) is 13.1. The molecule has 1 rings (SSSR count). The van der Waals surface area contributed by atoms with Gasteiger partial charge in [-0.25, -0.2) is 0 Å². The van der Waals surface area contributed by atoms with Crippen molar-refractivity contribution in [3.63, 3.8) is 0 Å². The largest absolute Gasteiger partial charge is 0.392 e. The molecule has 0 radical (unpaired) electrons. The van der Waals surface area contributed by atoms with Crippen molar-refractivity contribution in [2.75, 3.05) is 13.7 Å². The lowest BCUT2D eigenvalue weighted by Crippen LogP contribution is -2.47. The molecule has 0 heterocycles. The Hall–Kier alpha value is -0.120.